The molecule has 0 fully saturated rings. The van der Waals surface area contributed by atoms with Crippen LogP contribution in [0.4, 0.5) is 11.5 Å². The Labute approximate surface area is 114 Å². The molecule has 1 aromatic carbocycles. The maximum atomic E-state index is 5.38. The monoisotopic (exact) mass is 341 g/mol. The lowest BCUT2D eigenvalue weighted by Gasteiger charge is -2.08. The topological polar surface area (TPSA) is 47.0 Å². The van der Waals surface area contributed by atoms with Crippen molar-refractivity contribution >= 4 is 34.1 Å². The number of hydrogen-bond donors (Lipinski definition) is 1. The lowest BCUT2D eigenvalue weighted by atomic mass is 10.3. The van der Waals surface area contributed by atoms with Crippen LogP contribution in [0, 0.1) is 3.57 Å². The minimum atomic E-state index is 0.677. The molecule has 0 amide bonds. The van der Waals surface area contributed by atoms with Crippen LogP contribution in [0.3, 0.4) is 0 Å². The summed E-state index contributed by atoms with van der Waals surface area (Å²) >= 11 is 2.20. The van der Waals surface area contributed by atoms with Gasteiger partial charge in [0.25, 0.3) is 0 Å². The van der Waals surface area contributed by atoms with E-state index in [1.165, 1.54) is 6.33 Å². The van der Waals surface area contributed by atoms with Crippen molar-refractivity contribution in [3.8, 4) is 5.75 Å². The van der Waals surface area contributed by atoms with Crippen LogP contribution in [0.5, 0.6) is 5.75 Å². The van der Waals surface area contributed by atoms with E-state index in [0.717, 1.165) is 20.8 Å². The number of rotatable bonds is 4. The first-order valence-electron chi connectivity index (χ1n) is 5.25. The second-order valence-corrected chi connectivity index (χ2v) is 4.46. The second kappa shape index (κ2) is 5.81. The SMILES string of the molecule is CCOc1ccc(Nc2ncncc2I)cc1. The molecule has 4 nitrogen and oxygen atoms in total. The van der Waals surface area contributed by atoms with Gasteiger partial charge in [-0.15, -0.1) is 0 Å². The molecule has 1 N–H and O–H groups in total. The minimum Gasteiger partial charge on any atom is -0.494 e. The quantitative estimate of drug-likeness (QED) is 0.868. The zero-order valence-electron chi connectivity index (χ0n) is 9.35. The van der Waals surface area contributed by atoms with Gasteiger partial charge < -0.3 is 10.1 Å². The van der Waals surface area contributed by atoms with E-state index in [-0.39, 0.29) is 0 Å². The van der Waals surface area contributed by atoms with Crippen molar-refractivity contribution in [3.63, 3.8) is 0 Å². The van der Waals surface area contributed by atoms with E-state index in [0.29, 0.717) is 6.61 Å². The van der Waals surface area contributed by atoms with Crippen LogP contribution in [0.15, 0.2) is 36.8 Å². The molecule has 0 aliphatic rings. The number of halogens is 1. The van der Waals surface area contributed by atoms with Crippen molar-refractivity contribution < 1.29 is 4.74 Å². The van der Waals surface area contributed by atoms with Crippen LogP contribution in [0.1, 0.15) is 6.92 Å². The van der Waals surface area contributed by atoms with Gasteiger partial charge in [-0.1, -0.05) is 0 Å². The molecular formula is C12H12IN3O. The summed E-state index contributed by atoms with van der Waals surface area (Å²) in [6.07, 6.45) is 3.30. The van der Waals surface area contributed by atoms with E-state index in [1.807, 2.05) is 31.2 Å². The van der Waals surface area contributed by atoms with Gasteiger partial charge in [0, 0.05) is 11.9 Å². The zero-order valence-corrected chi connectivity index (χ0v) is 11.5. The van der Waals surface area contributed by atoms with E-state index in [1.54, 1.807) is 6.20 Å². The molecule has 0 atom stereocenters. The highest BCUT2D eigenvalue weighted by Crippen LogP contribution is 2.21. The molecule has 88 valence electrons. The summed E-state index contributed by atoms with van der Waals surface area (Å²) in [6.45, 7) is 2.64. The largest absolute Gasteiger partial charge is 0.494 e. The zero-order chi connectivity index (χ0) is 12.1. The number of nitrogens with one attached hydrogen (secondary N) is 1. The van der Waals surface area contributed by atoms with Crippen LogP contribution >= 0.6 is 22.6 Å². The van der Waals surface area contributed by atoms with E-state index in [4.69, 9.17) is 4.74 Å². The lowest BCUT2D eigenvalue weighted by Crippen LogP contribution is -1.97. The molecule has 2 aromatic rings. The third-order valence-electron chi connectivity index (χ3n) is 2.10. The average molecular weight is 341 g/mol. The highest BCUT2D eigenvalue weighted by molar-refractivity contribution is 14.1. The summed E-state index contributed by atoms with van der Waals surface area (Å²) in [7, 11) is 0. The first-order valence-corrected chi connectivity index (χ1v) is 6.33. The fraction of sp³-hybridized carbons (Fsp3) is 0.167. The Kier molecular flexibility index (Phi) is 4.13. The minimum absolute atomic E-state index is 0.677. The maximum absolute atomic E-state index is 5.38. The van der Waals surface area contributed by atoms with Crippen LogP contribution in [0.2, 0.25) is 0 Å². The normalized spacial score (nSPS) is 10.0. The van der Waals surface area contributed by atoms with Crippen LogP contribution in [-0.2, 0) is 0 Å². The average Bonchev–Trinajstić information content (AvgIpc) is 2.35. The molecule has 0 unspecified atom stereocenters. The molecule has 0 aliphatic carbocycles. The number of anilines is 2. The van der Waals surface area contributed by atoms with Crippen molar-refractivity contribution in [1.29, 1.82) is 0 Å². The second-order valence-electron chi connectivity index (χ2n) is 3.30. The van der Waals surface area contributed by atoms with Crippen molar-refractivity contribution in [2.45, 2.75) is 6.92 Å². The highest BCUT2D eigenvalue weighted by Gasteiger charge is 2.01. The van der Waals surface area contributed by atoms with E-state index in [9.17, 15) is 0 Å². The molecule has 1 heterocycles. The molecule has 17 heavy (non-hydrogen) atoms. The summed E-state index contributed by atoms with van der Waals surface area (Å²) in [5.41, 5.74) is 0.977. The molecule has 0 aliphatic heterocycles. The Morgan fingerprint density at radius 1 is 1.29 bits per heavy atom. The Bertz CT molecular complexity index is 487. The number of aromatic nitrogens is 2. The lowest BCUT2D eigenvalue weighted by molar-refractivity contribution is 0.340. The maximum Gasteiger partial charge on any atom is 0.147 e. The first-order chi connectivity index (χ1) is 8.29. The predicted molar refractivity (Wildman–Crippen MR) is 75.6 cm³/mol. The molecule has 0 saturated carbocycles. The smallest absolute Gasteiger partial charge is 0.147 e. The number of ether oxygens (including phenoxy) is 1. The Morgan fingerprint density at radius 3 is 2.71 bits per heavy atom. The molecule has 0 bridgehead atoms. The Balaban J connectivity index is 2.11. The van der Waals surface area contributed by atoms with Gasteiger partial charge in [-0.25, -0.2) is 9.97 Å². The molecule has 0 saturated heterocycles. The van der Waals surface area contributed by atoms with Gasteiger partial charge >= 0.3 is 0 Å². The van der Waals surface area contributed by atoms with Crippen molar-refractivity contribution in [3.05, 3.63) is 40.4 Å². The fourth-order valence-corrected chi connectivity index (χ4v) is 1.78. The summed E-state index contributed by atoms with van der Waals surface area (Å²) in [5.74, 6) is 1.68. The van der Waals surface area contributed by atoms with Crippen molar-refractivity contribution in [1.82, 2.24) is 9.97 Å². The summed E-state index contributed by atoms with van der Waals surface area (Å²) < 4.78 is 6.37. The van der Waals surface area contributed by atoms with Crippen molar-refractivity contribution in [2.24, 2.45) is 0 Å². The highest BCUT2D eigenvalue weighted by atomic mass is 127. The third kappa shape index (κ3) is 3.29. The van der Waals surface area contributed by atoms with Gasteiger partial charge in [0.05, 0.1) is 10.2 Å². The summed E-state index contributed by atoms with van der Waals surface area (Å²) in [6, 6.07) is 7.78. The molecule has 5 heteroatoms. The molecule has 1 aromatic heterocycles. The molecule has 0 spiro atoms. The third-order valence-corrected chi connectivity index (χ3v) is 2.89. The first kappa shape index (κ1) is 12.1. The predicted octanol–water partition coefficient (Wildman–Crippen LogP) is 3.22. The van der Waals surface area contributed by atoms with E-state index < -0.39 is 0 Å². The van der Waals surface area contributed by atoms with Gasteiger partial charge in [-0.05, 0) is 53.8 Å². The molecule has 0 radical (unpaired) electrons. The van der Waals surface area contributed by atoms with Crippen LogP contribution in [-0.4, -0.2) is 16.6 Å². The van der Waals surface area contributed by atoms with Gasteiger partial charge in [-0.3, -0.25) is 0 Å². The number of nitrogens with zero attached hydrogens (tertiary/aromatic N) is 2. The fourth-order valence-electron chi connectivity index (χ4n) is 1.34. The van der Waals surface area contributed by atoms with Crippen LogP contribution < -0.4 is 10.1 Å². The number of hydrogen-bond acceptors (Lipinski definition) is 4. The van der Waals surface area contributed by atoms with Gasteiger partial charge in [0.1, 0.15) is 17.9 Å². The Morgan fingerprint density at radius 2 is 2.06 bits per heavy atom. The van der Waals surface area contributed by atoms with Gasteiger partial charge in [0.2, 0.25) is 0 Å². The van der Waals surface area contributed by atoms with Crippen LogP contribution in [0.25, 0.3) is 0 Å². The number of benzene rings is 1. The Hall–Kier alpha value is -1.37. The van der Waals surface area contributed by atoms with Gasteiger partial charge in [-0.2, -0.15) is 0 Å². The standard InChI is InChI=1S/C12H12IN3O/c1-2-17-10-5-3-9(4-6-10)16-12-11(13)7-14-8-15-12/h3-8H,2H2,1H3,(H,14,15,16). The van der Waals surface area contributed by atoms with E-state index >= 15 is 0 Å². The van der Waals surface area contributed by atoms with E-state index in [2.05, 4.69) is 37.9 Å². The van der Waals surface area contributed by atoms with Gasteiger partial charge in [0.15, 0.2) is 0 Å². The molecule has 2 rings (SSSR count). The molecular weight excluding hydrogens is 329 g/mol. The summed E-state index contributed by atoms with van der Waals surface area (Å²) in [4.78, 5) is 8.12. The van der Waals surface area contributed by atoms with Crippen molar-refractivity contribution in [2.75, 3.05) is 11.9 Å². The summed E-state index contributed by atoms with van der Waals surface area (Å²) in [5, 5.41) is 3.23.